The van der Waals surface area contributed by atoms with Gasteiger partial charge in [-0.1, -0.05) is 12.1 Å². The molecule has 0 radical (unpaired) electrons. The summed E-state index contributed by atoms with van der Waals surface area (Å²) in [4.78, 5) is 0. The Hall–Kier alpha value is -1.88. The highest BCUT2D eigenvalue weighted by Gasteiger charge is 2.19. The van der Waals surface area contributed by atoms with Crippen molar-refractivity contribution in [3.63, 3.8) is 0 Å². The summed E-state index contributed by atoms with van der Waals surface area (Å²) in [6.07, 6.45) is 1.83. The smallest absolute Gasteiger partial charge is 0.165 e. The summed E-state index contributed by atoms with van der Waals surface area (Å²) in [7, 11) is 0. The Morgan fingerprint density at radius 2 is 2.25 bits per heavy atom. The molecule has 1 aliphatic rings. The van der Waals surface area contributed by atoms with Gasteiger partial charge in [0, 0.05) is 24.6 Å². The summed E-state index contributed by atoms with van der Waals surface area (Å²) in [5, 5.41) is 10.7. The molecule has 0 spiro atoms. The summed E-state index contributed by atoms with van der Waals surface area (Å²) in [6.45, 7) is 2.49. The number of aromatic nitrogens is 2. The average Bonchev–Trinajstić information content (AvgIpc) is 3.11. The van der Waals surface area contributed by atoms with Crippen LogP contribution < -0.4 is 10.1 Å². The van der Waals surface area contributed by atoms with E-state index < -0.39 is 0 Å². The molecule has 1 aliphatic heterocycles. The lowest BCUT2D eigenvalue weighted by molar-refractivity contribution is 0.304. The number of benzene rings is 1. The zero-order valence-corrected chi connectivity index (χ0v) is 11.2. The van der Waals surface area contributed by atoms with E-state index in [9.17, 15) is 4.39 Å². The Kier molecular flexibility index (Phi) is 3.97. The van der Waals surface area contributed by atoms with Gasteiger partial charge in [0.15, 0.2) is 11.6 Å². The van der Waals surface area contributed by atoms with Crippen LogP contribution in [0.4, 0.5) is 4.39 Å². The van der Waals surface area contributed by atoms with E-state index in [0.717, 1.165) is 30.9 Å². The fraction of sp³-hybridized carbons (Fsp3) is 0.400. The molecule has 3 rings (SSSR count). The van der Waals surface area contributed by atoms with Gasteiger partial charge in [0.05, 0.1) is 12.3 Å². The van der Waals surface area contributed by atoms with Crippen LogP contribution in [0.3, 0.4) is 0 Å². The molecule has 4 nitrogen and oxygen atoms in total. The third kappa shape index (κ3) is 2.99. The van der Waals surface area contributed by atoms with Gasteiger partial charge >= 0.3 is 0 Å². The third-order valence-electron chi connectivity index (χ3n) is 3.59. The summed E-state index contributed by atoms with van der Waals surface area (Å²) in [5.41, 5.74) is 2.14. The van der Waals surface area contributed by atoms with Crippen LogP contribution in [0.5, 0.6) is 5.75 Å². The Morgan fingerprint density at radius 1 is 1.35 bits per heavy atom. The summed E-state index contributed by atoms with van der Waals surface area (Å²) < 4.78 is 18.8. The van der Waals surface area contributed by atoms with Gasteiger partial charge in [0.25, 0.3) is 0 Å². The molecule has 0 amide bonds. The Labute approximate surface area is 117 Å². The molecule has 1 aromatic carbocycles. The minimum Gasteiger partial charge on any atom is -0.490 e. The van der Waals surface area contributed by atoms with Crippen LogP contribution in [0.25, 0.3) is 0 Å². The van der Waals surface area contributed by atoms with E-state index in [1.165, 1.54) is 6.07 Å². The van der Waals surface area contributed by atoms with Crippen molar-refractivity contribution < 1.29 is 9.13 Å². The molecule has 20 heavy (non-hydrogen) atoms. The summed E-state index contributed by atoms with van der Waals surface area (Å²) >= 11 is 0. The first kappa shape index (κ1) is 13.1. The molecular formula is C15H18FN3O. The monoisotopic (exact) mass is 275 g/mol. The normalized spacial score (nSPS) is 18.4. The summed E-state index contributed by atoms with van der Waals surface area (Å²) in [5.74, 6) is 0.481. The highest BCUT2D eigenvalue weighted by Crippen LogP contribution is 2.21. The topological polar surface area (TPSA) is 49.9 Å². The number of hydrogen-bond donors (Lipinski definition) is 2. The van der Waals surface area contributed by atoms with Crippen molar-refractivity contribution in [1.29, 1.82) is 0 Å². The van der Waals surface area contributed by atoms with Crippen LogP contribution in [0.15, 0.2) is 30.3 Å². The van der Waals surface area contributed by atoms with Gasteiger partial charge in [-0.25, -0.2) is 4.39 Å². The van der Waals surface area contributed by atoms with Crippen LogP contribution in [0.1, 0.15) is 23.7 Å². The van der Waals surface area contributed by atoms with Crippen molar-refractivity contribution in [2.45, 2.75) is 18.8 Å². The number of nitrogens with one attached hydrogen (secondary N) is 2. The highest BCUT2D eigenvalue weighted by atomic mass is 19.1. The molecule has 2 heterocycles. The Balaban J connectivity index is 1.52. The van der Waals surface area contributed by atoms with Gasteiger partial charge in [-0.2, -0.15) is 5.10 Å². The van der Waals surface area contributed by atoms with E-state index >= 15 is 0 Å². The predicted octanol–water partition coefficient (Wildman–Crippen LogP) is 2.25. The molecule has 1 saturated heterocycles. The van der Waals surface area contributed by atoms with E-state index in [1.54, 1.807) is 18.2 Å². The number of aromatic amines is 1. The van der Waals surface area contributed by atoms with Crippen LogP contribution in [-0.4, -0.2) is 29.9 Å². The lowest BCUT2D eigenvalue weighted by Gasteiger charge is -2.05. The van der Waals surface area contributed by atoms with Crippen molar-refractivity contribution >= 4 is 0 Å². The average molecular weight is 275 g/mol. The molecule has 0 saturated carbocycles. The van der Waals surface area contributed by atoms with Crippen LogP contribution in [0.2, 0.25) is 0 Å². The fourth-order valence-electron chi connectivity index (χ4n) is 2.46. The van der Waals surface area contributed by atoms with Crippen LogP contribution >= 0.6 is 0 Å². The second-order valence-corrected chi connectivity index (χ2v) is 5.04. The first-order valence-corrected chi connectivity index (χ1v) is 6.95. The molecule has 106 valence electrons. The first-order chi connectivity index (χ1) is 9.83. The number of halogens is 1. The van der Waals surface area contributed by atoms with Crippen LogP contribution in [0, 0.1) is 5.82 Å². The molecule has 0 aliphatic carbocycles. The van der Waals surface area contributed by atoms with Gasteiger partial charge in [-0.15, -0.1) is 0 Å². The second kappa shape index (κ2) is 6.05. The minimum absolute atomic E-state index is 0.298. The molecule has 0 bridgehead atoms. The standard InChI is InChI=1S/C15H18FN3O/c16-13-3-1-2-4-15(13)20-8-6-12-9-14(19-18-12)11-5-7-17-10-11/h1-4,9,11,17H,5-8,10H2,(H,18,19)/t11-/m0/s1. The van der Waals surface area contributed by atoms with E-state index in [0.29, 0.717) is 24.7 Å². The molecular weight excluding hydrogens is 257 g/mol. The van der Waals surface area contributed by atoms with Crippen molar-refractivity contribution in [2.24, 2.45) is 0 Å². The zero-order chi connectivity index (χ0) is 13.8. The number of hydrogen-bond acceptors (Lipinski definition) is 3. The third-order valence-corrected chi connectivity index (χ3v) is 3.59. The van der Waals surface area contributed by atoms with Crippen LogP contribution in [-0.2, 0) is 6.42 Å². The second-order valence-electron chi connectivity index (χ2n) is 5.04. The Bertz CT molecular complexity index is 564. The van der Waals surface area contributed by atoms with Crippen molar-refractivity contribution in [1.82, 2.24) is 15.5 Å². The van der Waals surface area contributed by atoms with Gasteiger partial charge < -0.3 is 10.1 Å². The van der Waals surface area contributed by atoms with Gasteiger partial charge in [0.2, 0.25) is 0 Å². The van der Waals surface area contributed by atoms with Crippen molar-refractivity contribution in [3.05, 3.63) is 47.5 Å². The maximum absolute atomic E-state index is 13.4. The lowest BCUT2D eigenvalue weighted by Crippen LogP contribution is -2.08. The molecule has 2 N–H and O–H groups in total. The largest absolute Gasteiger partial charge is 0.490 e. The molecule has 1 aromatic heterocycles. The number of ether oxygens (including phenoxy) is 1. The van der Waals surface area contributed by atoms with Gasteiger partial charge in [-0.3, -0.25) is 5.10 Å². The quantitative estimate of drug-likeness (QED) is 0.880. The van der Waals surface area contributed by atoms with E-state index in [2.05, 4.69) is 21.6 Å². The fourth-order valence-corrected chi connectivity index (χ4v) is 2.46. The molecule has 1 atom stereocenters. The van der Waals surface area contributed by atoms with Crippen molar-refractivity contribution in [2.75, 3.05) is 19.7 Å². The number of para-hydroxylation sites is 1. The summed E-state index contributed by atoms with van der Waals surface area (Å²) in [6, 6.07) is 8.54. The minimum atomic E-state index is -0.324. The number of nitrogens with zero attached hydrogens (tertiary/aromatic N) is 1. The molecule has 5 heteroatoms. The molecule has 1 fully saturated rings. The highest BCUT2D eigenvalue weighted by molar-refractivity contribution is 5.23. The lowest BCUT2D eigenvalue weighted by atomic mass is 10.0. The zero-order valence-electron chi connectivity index (χ0n) is 11.2. The number of H-pyrrole nitrogens is 1. The molecule has 0 unspecified atom stereocenters. The van der Waals surface area contributed by atoms with Gasteiger partial charge in [-0.05, 0) is 31.2 Å². The first-order valence-electron chi connectivity index (χ1n) is 6.95. The number of rotatable bonds is 5. The predicted molar refractivity (Wildman–Crippen MR) is 74.4 cm³/mol. The molecule has 2 aromatic rings. The van der Waals surface area contributed by atoms with E-state index in [1.807, 2.05) is 0 Å². The van der Waals surface area contributed by atoms with Crippen molar-refractivity contribution in [3.8, 4) is 5.75 Å². The SMILES string of the molecule is Fc1ccccc1OCCc1cc([C@H]2CCNC2)n[nH]1. The Morgan fingerprint density at radius 3 is 3.05 bits per heavy atom. The van der Waals surface area contributed by atoms with E-state index in [-0.39, 0.29) is 5.82 Å². The maximum atomic E-state index is 13.4. The maximum Gasteiger partial charge on any atom is 0.165 e. The van der Waals surface area contributed by atoms with Gasteiger partial charge in [0.1, 0.15) is 0 Å². The van der Waals surface area contributed by atoms with E-state index in [4.69, 9.17) is 4.74 Å².